The van der Waals surface area contributed by atoms with Gasteiger partial charge >= 0.3 is 0 Å². The van der Waals surface area contributed by atoms with Crippen LogP contribution in [0.5, 0.6) is 0 Å². The lowest BCUT2D eigenvalue weighted by atomic mass is 9.94. The first kappa shape index (κ1) is 14.7. The van der Waals surface area contributed by atoms with Gasteiger partial charge in [0.15, 0.2) is 0 Å². The minimum absolute atomic E-state index is 0.131. The first-order valence-electron chi connectivity index (χ1n) is 6.98. The zero-order valence-electron chi connectivity index (χ0n) is 12.0. The average molecular weight is 276 g/mol. The molecule has 1 N–H and O–H groups in total. The number of hydrogen-bond acceptors (Lipinski definition) is 3. The van der Waals surface area contributed by atoms with Crippen LogP contribution in [0.2, 0.25) is 0 Å². The minimum Gasteiger partial charge on any atom is -0.317 e. The standard InChI is InChI=1S/C15H21FN4/c1-3-17-10-12(9-14-11-20(2)19-18-14)8-13-6-4-5-7-15(13)16/h4-7,11-12,17H,3,8-10H2,1-2H3. The summed E-state index contributed by atoms with van der Waals surface area (Å²) >= 11 is 0. The maximum atomic E-state index is 13.8. The maximum Gasteiger partial charge on any atom is 0.126 e. The highest BCUT2D eigenvalue weighted by Crippen LogP contribution is 2.15. The van der Waals surface area contributed by atoms with Crippen molar-refractivity contribution >= 4 is 0 Å². The monoisotopic (exact) mass is 276 g/mol. The molecular weight excluding hydrogens is 255 g/mol. The Bertz CT molecular complexity index is 538. The van der Waals surface area contributed by atoms with Gasteiger partial charge in [-0.1, -0.05) is 30.3 Å². The molecule has 5 heteroatoms. The van der Waals surface area contributed by atoms with Gasteiger partial charge < -0.3 is 5.32 Å². The lowest BCUT2D eigenvalue weighted by Gasteiger charge is -2.16. The SMILES string of the molecule is CCNCC(Cc1cn(C)nn1)Cc1ccccc1F. The van der Waals surface area contributed by atoms with Crippen molar-refractivity contribution in [3.63, 3.8) is 0 Å². The summed E-state index contributed by atoms with van der Waals surface area (Å²) < 4.78 is 15.5. The van der Waals surface area contributed by atoms with Crippen molar-refractivity contribution in [2.45, 2.75) is 19.8 Å². The third-order valence-corrected chi connectivity index (χ3v) is 3.30. The number of aryl methyl sites for hydroxylation is 1. The van der Waals surface area contributed by atoms with E-state index in [-0.39, 0.29) is 5.82 Å². The van der Waals surface area contributed by atoms with Gasteiger partial charge in [-0.2, -0.15) is 0 Å². The second-order valence-electron chi connectivity index (χ2n) is 5.06. The molecule has 1 aromatic heterocycles. The smallest absolute Gasteiger partial charge is 0.126 e. The van der Waals surface area contributed by atoms with Gasteiger partial charge in [-0.05, 0) is 43.5 Å². The summed E-state index contributed by atoms with van der Waals surface area (Å²) in [5.74, 6) is 0.177. The number of nitrogens with one attached hydrogen (secondary N) is 1. The van der Waals surface area contributed by atoms with Crippen molar-refractivity contribution in [3.05, 3.63) is 47.5 Å². The molecule has 0 aliphatic carbocycles. The van der Waals surface area contributed by atoms with E-state index in [4.69, 9.17) is 0 Å². The number of aromatic nitrogens is 3. The fourth-order valence-corrected chi connectivity index (χ4v) is 2.32. The largest absolute Gasteiger partial charge is 0.317 e. The number of rotatable bonds is 7. The normalized spacial score (nSPS) is 12.6. The minimum atomic E-state index is -0.131. The van der Waals surface area contributed by atoms with E-state index in [1.807, 2.05) is 25.4 Å². The first-order valence-corrected chi connectivity index (χ1v) is 6.98. The van der Waals surface area contributed by atoms with Gasteiger partial charge in [-0.3, -0.25) is 4.68 Å². The Hall–Kier alpha value is -1.75. The van der Waals surface area contributed by atoms with E-state index in [1.54, 1.807) is 10.7 Å². The second kappa shape index (κ2) is 7.14. The summed E-state index contributed by atoms with van der Waals surface area (Å²) in [6, 6.07) is 6.97. The van der Waals surface area contributed by atoms with E-state index in [1.165, 1.54) is 6.07 Å². The van der Waals surface area contributed by atoms with E-state index in [9.17, 15) is 4.39 Å². The maximum absolute atomic E-state index is 13.8. The quantitative estimate of drug-likeness (QED) is 0.840. The Morgan fingerprint density at radius 3 is 2.75 bits per heavy atom. The number of hydrogen-bond donors (Lipinski definition) is 1. The Labute approximate surface area is 119 Å². The number of halogens is 1. The third kappa shape index (κ3) is 4.13. The Morgan fingerprint density at radius 2 is 2.10 bits per heavy atom. The van der Waals surface area contributed by atoms with Gasteiger partial charge in [0.05, 0.1) is 5.69 Å². The molecule has 0 radical (unpaired) electrons. The zero-order chi connectivity index (χ0) is 14.4. The zero-order valence-corrected chi connectivity index (χ0v) is 12.0. The van der Waals surface area contributed by atoms with Crippen molar-refractivity contribution in [1.82, 2.24) is 20.3 Å². The van der Waals surface area contributed by atoms with Gasteiger partial charge in [-0.15, -0.1) is 5.10 Å². The van der Waals surface area contributed by atoms with Crippen LogP contribution in [0, 0.1) is 11.7 Å². The van der Waals surface area contributed by atoms with E-state index in [0.717, 1.165) is 30.8 Å². The Morgan fingerprint density at radius 1 is 1.30 bits per heavy atom. The van der Waals surface area contributed by atoms with Gasteiger partial charge in [0.1, 0.15) is 5.82 Å². The molecule has 0 bridgehead atoms. The molecule has 2 rings (SSSR count). The van der Waals surface area contributed by atoms with E-state index in [0.29, 0.717) is 12.3 Å². The van der Waals surface area contributed by atoms with E-state index in [2.05, 4.69) is 22.6 Å². The van der Waals surface area contributed by atoms with Crippen LogP contribution in [-0.4, -0.2) is 28.1 Å². The molecule has 1 aromatic carbocycles. The summed E-state index contributed by atoms with van der Waals surface area (Å²) in [7, 11) is 1.85. The summed E-state index contributed by atoms with van der Waals surface area (Å²) in [6.45, 7) is 3.83. The van der Waals surface area contributed by atoms with Crippen molar-refractivity contribution in [2.75, 3.05) is 13.1 Å². The van der Waals surface area contributed by atoms with E-state index < -0.39 is 0 Å². The summed E-state index contributed by atoms with van der Waals surface area (Å²) in [5.41, 5.74) is 1.71. The van der Waals surface area contributed by atoms with Gasteiger partial charge in [0, 0.05) is 13.2 Å². The van der Waals surface area contributed by atoms with Crippen molar-refractivity contribution in [2.24, 2.45) is 13.0 Å². The molecule has 108 valence electrons. The van der Waals surface area contributed by atoms with Gasteiger partial charge in [0.2, 0.25) is 0 Å². The molecule has 1 unspecified atom stereocenters. The first-order chi connectivity index (χ1) is 9.69. The molecule has 2 aromatic rings. The second-order valence-corrected chi connectivity index (χ2v) is 5.06. The topological polar surface area (TPSA) is 42.7 Å². The van der Waals surface area contributed by atoms with Crippen LogP contribution in [0.25, 0.3) is 0 Å². The van der Waals surface area contributed by atoms with Crippen LogP contribution in [0.15, 0.2) is 30.5 Å². The molecule has 0 aliphatic rings. The van der Waals surface area contributed by atoms with Crippen molar-refractivity contribution < 1.29 is 4.39 Å². The summed E-state index contributed by atoms with van der Waals surface area (Å²) in [5, 5.41) is 11.4. The van der Waals surface area contributed by atoms with Gasteiger partial charge in [0.25, 0.3) is 0 Å². The lowest BCUT2D eigenvalue weighted by Crippen LogP contribution is -2.26. The Kier molecular flexibility index (Phi) is 5.24. The fraction of sp³-hybridized carbons (Fsp3) is 0.467. The van der Waals surface area contributed by atoms with Crippen molar-refractivity contribution in [3.8, 4) is 0 Å². The molecule has 1 atom stereocenters. The molecule has 0 saturated carbocycles. The third-order valence-electron chi connectivity index (χ3n) is 3.30. The van der Waals surface area contributed by atoms with E-state index >= 15 is 0 Å². The lowest BCUT2D eigenvalue weighted by molar-refractivity contribution is 0.463. The van der Waals surface area contributed by atoms with Crippen LogP contribution >= 0.6 is 0 Å². The molecule has 0 amide bonds. The highest BCUT2D eigenvalue weighted by atomic mass is 19.1. The highest BCUT2D eigenvalue weighted by Gasteiger charge is 2.14. The predicted octanol–water partition coefficient (Wildman–Crippen LogP) is 1.97. The molecule has 0 saturated heterocycles. The molecule has 1 heterocycles. The number of benzene rings is 1. The predicted molar refractivity (Wildman–Crippen MR) is 76.8 cm³/mol. The highest BCUT2D eigenvalue weighted by molar-refractivity contribution is 5.18. The van der Waals surface area contributed by atoms with Crippen LogP contribution < -0.4 is 5.32 Å². The number of nitrogens with zero attached hydrogens (tertiary/aromatic N) is 3. The molecule has 0 fully saturated rings. The van der Waals surface area contributed by atoms with Crippen LogP contribution in [0.1, 0.15) is 18.2 Å². The summed E-state index contributed by atoms with van der Waals surface area (Å²) in [4.78, 5) is 0. The molecule has 4 nitrogen and oxygen atoms in total. The Balaban J connectivity index is 2.05. The molecular formula is C15H21FN4. The van der Waals surface area contributed by atoms with Crippen LogP contribution in [-0.2, 0) is 19.9 Å². The van der Waals surface area contributed by atoms with Crippen LogP contribution in [0.4, 0.5) is 4.39 Å². The molecule has 0 aliphatic heterocycles. The molecule has 20 heavy (non-hydrogen) atoms. The van der Waals surface area contributed by atoms with Crippen molar-refractivity contribution in [1.29, 1.82) is 0 Å². The molecule has 0 spiro atoms. The average Bonchev–Trinajstić information content (AvgIpc) is 2.84. The van der Waals surface area contributed by atoms with Crippen LogP contribution in [0.3, 0.4) is 0 Å². The van der Waals surface area contributed by atoms with Gasteiger partial charge in [-0.25, -0.2) is 4.39 Å². The summed E-state index contributed by atoms with van der Waals surface area (Å²) in [6.07, 6.45) is 3.42. The fourth-order valence-electron chi connectivity index (χ4n) is 2.32.